The summed E-state index contributed by atoms with van der Waals surface area (Å²) in [5, 5.41) is -1.81. The van der Waals surface area contributed by atoms with Gasteiger partial charge in [0.05, 0.1) is 10.5 Å². The Bertz CT molecular complexity index is 960. The van der Waals surface area contributed by atoms with Gasteiger partial charge >= 0.3 is 35.8 Å². The van der Waals surface area contributed by atoms with E-state index in [4.69, 9.17) is 47.4 Å². The molecule has 0 N–H and O–H groups in total. The van der Waals surface area contributed by atoms with Crippen molar-refractivity contribution in [3.8, 4) is 0 Å². The SMILES string of the molecule is CO[C@H]1O[C@H](COC(C)=O)[C@H](SS[C@@H]2[C@H](OC(C)=O)[C@@H](OC(C)=O)[C@@H](OC)O[C@@H]2COC(C)=O)[C@H](OC(C)=O)[C@H]1OC(C)=O. The van der Waals surface area contributed by atoms with Crippen LogP contribution in [-0.4, -0.2) is 123 Å². The lowest BCUT2D eigenvalue weighted by atomic mass is 10.0. The smallest absolute Gasteiger partial charge is 0.303 e. The lowest BCUT2D eigenvalue weighted by molar-refractivity contribution is -0.269. The van der Waals surface area contributed by atoms with Crippen molar-refractivity contribution in [3.05, 3.63) is 0 Å². The van der Waals surface area contributed by atoms with Gasteiger partial charge < -0.3 is 47.4 Å². The van der Waals surface area contributed by atoms with Crippen molar-refractivity contribution in [2.45, 2.75) is 101 Å². The lowest BCUT2D eigenvalue weighted by Gasteiger charge is -2.46. The summed E-state index contributed by atoms with van der Waals surface area (Å²) in [7, 11) is 4.66. The van der Waals surface area contributed by atoms with Gasteiger partial charge in [0.15, 0.2) is 37.0 Å². The highest BCUT2D eigenvalue weighted by molar-refractivity contribution is 8.77. The molecule has 0 aromatic carbocycles. The van der Waals surface area contributed by atoms with Crippen LogP contribution in [0.25, 0.3) is 0 Å². The summed E-state index contributed by atoms with van der Waals surface area (Å²) in [5.74, 6) is -4.07. The third kappa shape index (κ3) is 11.1. The van der Waals surface area contributed by atoms with E-state index in [1.54, 1.807) is 0 Å². The van der Waals surface area contributed by atoms with E-state index >= 15 is 0 Å². The highest BCUT2D eigenvalue weighted by Crippen LogP contribution is 2.46. The molecule has 0 bridgehead atoms. The monoisotopic (exact) mass is 670 g/mol. The molecule has 0 aromatic rings. The molecule has 16 nitrogen and oxygen atoms in total. The number of rotatable bonds is 13. The van der Waals surface area contributed by atoms with Gasteiger partial charge in [-0.2, -0.15) is 0 Å². The van der Waals surface area contributed by atoms with Crippen molar-refractivity contribution in [1.82, 2.24) is 0 Å². The van der Waals surface area contributed by atoms with E-state index in [0.717, 1.165) is 49.3 Å². The minimum atomic E-state index is -1.23. The molecule has 0 radical (unpaired) electrons. The maximum atomic E-state index is 12.2. The van der Waals surface area contributed by atoms with Gasteiger partial charge in [-0.15, -0.1) is 0 Å². The first-order valence-electron chi connectivity index (χ1n) is 13.3. The first-order chi connectivity index (χ1) is 20.7. The molecule has 0 aliphatic carbocycles. The van der Waals surface area contributed by atoms with E-state index in [2.05, 4.69) is 0 Å². The standard InChI is InChI=1S/C26H38O16S2/c1-11(27)35-9-17-23(19(37-13(3)29)21(39-15(5)31)25(33-7)41-17)43-44-24-18(10-36-12(2)28)42-26(34-8)22(40-16(6)32)20(24)38-14(4)30/h17-26H,9-10H2,1-8H3/t17-,18-,19-,20-,21-,22-,23+,24+,25+,26+/m1/s1. The molecule has 0 spiro atoms. The number of ether oxygens (including phenoxy) is 10. The summed E-state index contributed by atoms with van der Waals surface area (Å²) in [6.45, 7) is 6.43. The van der Waals surface area contributed by atoms with Crippen LogP contribution in [-0.2, 0) is 76.1 Å². The molecule has 0 amide bonds. The maximum absolute atomic E-state index is 12.2. The topological polar surface area (TPSA) is 195 Å². The average molecular weight is 671 g/mol. The summed E-state index contributed by atoms with van der Waals surface area (Å²) >= 11 is 0. The molecule has 44 heavy (non-hydrogen) atoms. The summed E-state index contributed by atoms with van der Waals surface area (Å²) < 4.78 is 55.2. The molecule has 2 saturated heterocycles. The van der Waals surface area contributed by atoms with Crippen molar-refractivity contribution in [2.75, 3.05) is 27.4 Å². The zero-order chi connectivity index (χ0) is 33.1. The fourth-order valence-electron chi connectivity index (χ4n) is 4.45. The van der Waals surface area contributed by atoms with Gasteiger partial charge in [-0.25, -0.2) is 0 Å². The van der Waals surface area contributed by atoms with E-state index in [1.807, 2.05) is 0 Å². The van der Waals surface area contributed by atoms with Crippen LogP contribution in [0.4, 0.5) is 0 Å². The summed E-state index contributed by atoms with van der Waals surface area (Å²) in [6.07, 6.45) is -9.20. The lowest BCUT2D eigenvalue weighted by Crippen LogP contribution is -2.61. The Balaban J connectivity index is 2.56. The minimum absolute atomic E-state index is 0.300. The van der Waals surface area contributed by atoms with E-state index in [0.29, 0.717) is 0 Å². The molecule has 2 fully saturated rings. The second kappa shape index (κ2) is 17.7. The molecule has 10 atom stereocenters. The Hall–Kier alpha value is -2.64. The van der Waals surface area contributed by atoms with Gasteiger partial charge in [0, 0.05) is 55.8 Å². The molecule has 2 heterocycles. The fraction of sp³-hybridized carbons (Fsp3) is 0.769. The fourth-order valence-corrected chi connectivity index (χ4v) is 8.05. The van der Waals surface area contributed by atoms with Crippen molar-refractivity contribution in [3.63, 3.8) is 0 Å². The molecule has 0 aromatic heterocycles. The van der Waals surface area contributed by atoms with Crippen molar-refractivity contribution in [1.29, 1.82) is 0 Å². The summed E-state index contributed by atoms with van der Waals surface area (Å²) in [5.41, 5.74) is 0. The largest absolute Gasteiger partial charge is 0.463 e. The zero-order valence-corrected chi connectivity index (χ0v) is 27.2. The molecular weight excluding hydrogens is 632 g/mol. The zero-order valence-electron chi connectivity index (χ0n) is 25.5. The minimum Gasteiger partial charge on any atom is -0.463 e. The van der Waals surface area contributed by atoms with Gasteiger partial charge in [-0.3, -0.25) is 28.8 Å². The molecule has 2 rings (SSSR count). The van der Waals surface area contributed by atoms with Gasteiger partial charge in [-0.1, -0.05) is 21.6 Å². The number of methoxy groups -OCH3 is 2. The normalized spacial score (nSPS) is 31.6. The van der Waals surface area contributed by atoms with Gasteiger partial charge in [-0.05, 0) is 0 Å². The average Bonchev–Trinajstić information content (AvgIpc) is 2.91. The number of hydrogen-bond donors (Lipinski definition) is 0. The van der Waals surface area contributed by atoms with E-state index < -0.39 is 95.5 Å². The molecular formula is C26H38O16S2. The second-order valence-electron chi connectivity index (χ2n) is 9.58. The Morgan fingerprint density at radius 1 is 0.500 bits per heavy atom. The number of esters is 6. The van der Waals surface area contributed by atoms with Crippen LogP contribution in [0.5, 0.6) is 0 Å². The molecule has 2 aliphatic heterocycles. The Labute approximate surface area is 262 Å². The van der Waals surface area contributed by atoms with Crippen molar-refractivity contribution in [2.24, 2.45) is 0 Å². The number of carbonyl (C=O) groups excluding carboxylic acids is 6. The van der Waals surface area contributed by atoms with Crippen LogP contribution in [0.2, 0.25) is 0 Å². The maximum Gasteiger partial charge on any atom is 0.303 e. The van der Waals surface area contributed by atoms with Crippen LogP contribution >= 0.6 is 21.6 Å². The predicted molar refractivity (Wildman–Crippen MR) is 150 cm³/mol. The van der Waals surface area contributed by atoms with Crippen LogP contribution in [0.15, 0.2) is 0 Å². The van der Waals surface area contributed by atoms with Crippen LogP contribution in [0.1, 0.15) is 41.5 Å². The molecule has 0 unspecified atom stereocenters. The molecule has 0 saturated carbocycles. The van der Waals surface area contributed by atoms with Gasteiger partial charge in [0.25, 0.3) is 0 Å². The number of hydrogen-bond acceptors (Lipinski definition) is 18. The Kier molecular flexibility index (Phi) is 15.1. The second-order valence-corrected chi connectivity index (χ2v) is 12.2. The Morgan fingerprint density at radius 2 is 0.795 bits per heavy atom. The number of carbonyl (C=O) groups is 6. The first-order valence-corrected chi connectivity index (χ1v) is 15.6. The third-order valence-corrected chi connectivity index (χ3v) is 9.40. The van der Waals surface area contributed by atoms with Gasteiger partial charge in [0.1, 0.15) is 25.4 Å². The predicted octanol–water partition coefficient (Wildman–Crippen LogP) is 0.701. The third-order valence-electron chi connectivity index (χ3n) is 6.03. The molecule has 18 heteroatoms. The highest BCUT2D eigenvalue weighted by atomic mass is 33.1. The van der Waals surface area contributed by atoms with Crippen LogP contribution in [0, 0.1) is 0 Å². The van der Waals surface area contributed by atoms with Gasteiger partial charge in [0.2, 0.25) is 0 Å². The first kappa shape index (κ1) is 37.5. The quantitative estimate of drug-likeness (QED) is 0.151. The summed E-state index contributed by atoms with van der Waals surface area (Å²) in [6, 6.07) is 0. The van der Waals surface area contributed by atoms with Crippen LogP contribution < -0.4 is 0 Å². The van der Waals surface area contributed by atoms with Crippen LogP contribution in [0.3, 0.4) is 0 Å². The molecule has 250 valence electrons. The highest BCUT2D eigenvalue weighted by Gasteiger charge is 2.54. The van der Waals surface area contributed by atoms with Crippen molar-refractivity contribution >= 4 is 57.4 Å². The molecule has 2 aliphatic rings. The van der Waals surface area contributed by atoms with E-state index in [-0.39, 0.29) is 13.2 Å². The Morgan fingerprint density at radius 3 is 1.05 bits per heavy atom. The van der Waals surface area contributed by atoms with Crippen molar-refractivity contribution < 1.29 is 76.1 Å². The van der Waals surface area contributed by atoms with E-state index in [9.17, 15) is 28.8 Å². The van der Waals surface area contributed by atoms with E-state index in [1.165, 1.54) is 28.1 Å². The summed E-state index contributed by atoms with van der Waals surface area (Å²) in [4.78, 5) is 71.8.